The second-order valence-corrected chi connectivity index (χ2v) is 5.80. The van der Waals surface area contributed by atoms with E-state index in [4.69, 9.17) is 15.2 Å². The van der Waals surface area contributed by atoms with Crippen LogP contribution < -0.4 is 20.5 Å². The summed E-state index contributed by atoms with van der Waals surface area (Å²) in [7, 11) is 1.47. The molecule has 0 heterocycles. The van der Waals surface area contributed by atoms with Crippen molar-refractivity contribution in [3.63, 3.8) is 0 Å². The molecule has 0 bridgehead atoms. The number of hydrogen-bond donors (Lipinski definition) is 2. The molecule has 0 unspecified atom stereocenters. The molecule has 0 spiro atoms. The number of amides is 2. The van der Waals surface area contributed by atoms with Gasteiger partial charge in [0, 0.05) is 6.54 Å². The summed E-state index contributed by atoms with van der Waals surface area (Å²) >= 11 is 0. The number of ether oxygens (including phenoxy) is 2. The third kappa shape index (κ3) is 4.87. The molecule has 1 aromatic rings. The molecule has 1 fully saturated rings. The molecule has 1 aliphatic carbocycles. The van der Waals surface area contributed by atoms with Crippen LogP contribution in [0.4, 0.5) is 0 Å². The normalized spacial score (nSPS) is 15.0. The number of para-hydroxylation sites is 1. The minimum absolute atomic E-state index is 0.173. The first-order valence-electron chi connectivity index (χ1n) is 7.98. The molecule has 6 heteroatoms. The van der Waals surface area contributed by atoms with Crippen LogP contribution in [0.25, 0.3) is 0 Å². The zero-order chi connectivity index (χ0) is 16.7. The Hall–Kier alpha value is -2.24. The van der Waals surface area contributed by atoms with Gasteiger partial charge in [-0.05, 0) is 30.9 Å². The SMILES string of the molecule is COc1cccc(C(N)=O)c1OCC(=O)NCC1CCCCC1. The summed E-state index contributed by atoms with van der Waals surface area (Å²) in [5.41, 5.74) is 5.52. The van der Waals surface area contributed by atoms with Crippen molar-refractivity contribution in [3.05, 3.63) is 23.8 Å². The minimum Gasteiger partial charge on any atom is -0.493 e. The first-order valence-corrected chi connectivity index (χ1v) is 7.98. The summed E-state index contributed by atoms with van der Waals surface area (Å²) in [5.74, 6) is 0.301. The van der Waals surface area contributed by atoms with Gasteiger partial charge < -0.3 is 20.5 Å². The Morgan fingerprint density at radius 3 is 2.65 bits per heavy atom. The molecule has 0 aliphatic heterocycles. The van der Waals surface area contributed by atoms with Gasteiger partial charge in [0.2, 0.25) is 0 Å². The molecule has 0 aromatic heterocycles. The Bertz CT molecular complexity index is 554. The molecule has 1 aliphatic rings. The molecule has 0 atom stereocenters. The van der Waals surface area contributed by atoms with Gasteiger partial charge in [-0.2, -0.15) is 0 Å². The van der Waals surface area contributed by atoms with E-state index in [9.17, 15) is 9.59 Å². The minimum atomic E-state index is -0.624. The lowest BCUT2D eigenvalue weighted by molar-refractivity contribution is -0.123. The number of benzene rings is 1. The first kappa shape index (κ1) is 17.1. The Balaban J connectivity index is 1.89. The maximum Gasteiger partial charge on any atom is 0.257 e. The predicted octanol–water partition coefficient (Wildman–Crippen LogP) is 1.87. The molecule has 6 nitrogen and oxygen atoms in total. The quantitative estimate of drug-likeness (QED) is 0.802. The molecular formula is C17H24N2O4. The molecule has 23 heavy (non-hydrogen) atoms. The van der Waals surface area contributed by atoms with Gasteiger partial charge in [0.15, 0.2) is 18.1 Å². The lowest BCUT2D eigenvalue weighted by Crippen LogP contribution is -2.34. The van der Waals surface area contributed by atoms with Gasteiger partial charge in [-0.3, -0.25) is 9.59 Å². The van der Waals surface area contributed by atoms with Crippen molar-refractivity contribution in [2.24, 2.45) is 11.7 Å². The number of carbonyl (C=O) groups excluding carboxylic acids is 2. The maximum atomic E-state index is 11.9. The summed E-state index contributed by atoms with van der Waals surface area (Å²) in [4.78, 5) is 23.4. The van der Waals surface area contributed by atoms with Crippen molar-refractivity contribution in [1.82, 2.24) is 5.32 Å². The smallest absolute Gasteiger partial charge is 0.257 e. The Morgan fingerprint density at radius 1 is 1.26 bits per heavy atom. The van der Waals surface area contributed by atoms with Gasteiger partial charge in [-0.15, -0.1) is 0 Å². The van der Waals surface area contributed by atoms with E-state index in [0.29, 0.717) is 18.2 Å². The molecule has 126 valence electrons. The summed E-state index contributed by atoms with van der Waals surface area (Å²) in [6.45, 7) is 0.504. The van der Waals surface area contributed by atoms with Crippen LogP contribution in [0.5, 0.6) is 11.5 Å². The number of methoxy groups -OCH3 is 1. The summed E-state index contributed by atoms with van der Waals surface area (Å²) in [5, 5.41) is 2.89. The Morgan fingerprint density at radius 2 is 2.00 bits per heavy atom. The van der Waals surface area contributed by atoms with Gasteiger partial charge in [-0.25, -0.2) is 0 Å². The van der Waals surface area contributed by atoms with Gasteiger partial charge >= 0.3 is 0 Å². The molecule has 2 rings (SSSR count). The number of hydrogen-bond acceptors (Lipinski definition) is 4. The average Bonchev–Trinajstić information content (AvgIpc) is 2.58. The Labute approximate surface area is 136 Å². The van der Waals surface area contributed by atoms with E-state index < -0.39 is 5.91 Å². The molecule has 0 radical (unpaired) electrons. The standard InChI is InChI=1S/C17H24N2O4/c1-22-14-9-5-8-13(17(18)21)16(14)23-11-15(20)19-10-12-6-3-2-4-7-12/h5,8-9,12H,2-4,6-7,10-11H2,1H3,(H2,18,21)(H,19,20). The molecule has 1 saturated carbocycles. The highest BCUT2D eigenvalue weighted by molar-refractivity contribution is 5.96. The number of nitrogens with two attached hydrogens (primary N) is 1. The summed E-state index contributed by atoms with van der Waals surface area (Å²) < 4.78 is 10.6. The van der Waals surface area contributed by atoms with Crippen molar-refractivity contribution in [1.29, 1.82) is 0 Å². The van der Waals surface area contributed by atoms with Crippen molar-refractivity contribution in [2.75, 3.05) is 20.3 Å². The van der Waals surface area contributed by atoms with E-state index >= 15 is 0 Å². The monoisotopic (exact) mass is 320 g/mol. The van der Waals surface area contributed by atoms with Crippen LogP contribution in [-0.4, -0.2) is 32.1 Å². The molecule has 1 aromatic carbocycles. The number of primary amides is 1. The summed E-state index contributed by atoms with van der Waals surface area (Å²) in [6.07, 6.45) is 6.09. The van der Waals surface area contributed by atoms with Crippen LogP contribution in [0, 0.1) is 5.92 Å². The fraction of sp³-hybridized carbons (Fsp3) is 0.529. The van der Waals surface area contributed by atoms with Crippen molar-refractivity contribution >= 4 is 11.8 Å². The van der Waals surface area contributed by atoms with E-state index in [0.717, 1.165) is 0 Å². The van der Waals surface area contributed by atoms with Crippen molar-refractivity contribution in [3.8, 4) is 11.5 Å². The second kappa shape index (κ2) is 8.41. The van der Waals surface area contributed by atoms with E-state index in [1.54, 1.807) is 18.2 Å². The lowest BCUT2D eigenvalue weighted by Gasteiger charge is -2.21. The highest BCUT2D eigenvalue weighted by Gasteiger charge is 2.17. The zero-order valence-corrected chi connectivity index (χ0v) is 13.5. The number of carbonyl (C=O) groups is 2. The van der Waals surface area contributed by atoms with Crippen LogP contribution in [0.3, 0.4) is 0 Å². The average molecular weight is 320 g/mol. The van der Waals surface area contributed by atoms with Crippen LogP contribution >= 0.6 is 0 Å². The largest absolute Gasteiger partial charge is 0.493 e. The van der Waals surface area contributed by atoms with E-state index in [1.165, 1.54) is 39.2 Å². The fourth-order valence-electron chi connectivity index (χ4n) is 2.86. The molecule has 3 N–H and O–H groups in total. The highest BCUT2D eigenvalue weighted by atomic mass is 16.5. The molecular weight excluding hydrogens is 296 g/mol. The third-order valence-corrected chi connectivity index (χ3v) is 4.12. The van der Waals surface area contributed by atoms with Gasteiger partial charge in [-0.1, -0.05) is 25.3 Å². The van der Waals surface area contributed by atoms with Crippen LogP contribution in [0.15, 0.2) is 18.2 Å². The maximum absolute atomic E-state index is 11.9. The van der Waals surface area contributed by atoms with Gasteiger partial charge in [0.1, 0.15) is 0 Å². The van der Waals surface area contributed by atoms with Crippen LogP contribution in [-0.2, 0) is 4.79 Å². The highest BCUT2D eigenvalue weighted by Crippen LogP contribution is 2.30. The fourth-order valence-corrected chi connectivity index (χ4v) is 2.86. The lowest BCUT2D eigenvalue weighted by atomic mass is 9.89. The predicted molar refractivity (Wildman–Crippen MR) is 86.6 cm³/mol. The topological polar surface area (TPSA) is 90.7 Å². The van der Waals surface area contributed by atoms with E-state index in [1.807, 2.05) is 0 Å². The second-order valence-electron chi connectivity index (χ2n) is 5.80. The van der Waals surface area contributed by atoms with Gasteiger partial charge in [0.05, 0.1) is 12.7 Å². The first-order chi connectivity index (χ1) is 11.1. The van der Waals surface area contributed by atoms with Gasteiger partial charge in [0.25, 0.3) is 11.8 Å². The zero-order valence-electron chi connectivity index (χ0n) is 13.5. The molecule has 0 saturated heterocycles. The van der Waals surface area contributed by atoms with E-state index in [-0.39, 0.29) is 23.8 Å². The van der Waals surface area contributed by atoms with Crippen molar-refractivity contribution in [2.45, 2.75) is 32.1 Å². The third-order valence-electron chi connectivity index (χ3n) is 4.12. The van der Waals surface area contributed by atoms with Crippen LogP contribution in [0.2, 0.25) is 0 Å². The number of nitrogens with one attached hydrogen (secondary N) is 1. The van der Waals surface area contributed by atoms with Crippen LogP contribution in [0.1, 0.15) is 42.5 Å². The number of rotatable bonds is 7. The Kier molecular flexibility index (Phi) is 6.26. The summed E-state index contributed by atoms with van der Waals surface area (Å²) in [6, 6.07) is 4.84. The van der Waals surface area contributed by atoms with E-state index in [2.05, 4.69) is 5.32 Å². The van der Waals surface area contributed by atoms with Crippen molar-refractivity contribution < 1.29 is 19.1 Å². The molecule has 2 amide bonds.